The number of phenolic OH excluding ortho intramolecular Hbond substituents is 1. The fraction of sp³-hybridized carbons (Fsp3) is 0.286. The Morgan fingerprint density at radius 3 is 2.71 bits per heavy atom. The van der Waals surface area contributed by atoms with E-state index in [1.165, 1.54) is 12.1 Å². The minimum Gasteiger partial charge on any atom is -0.504 e. The molecule has 10 heteroatoms. The summed E-state index contributed by atoms with van der Waals surface area (Å²) in [5.41, 5.74) is 9.66. The van der Waals surface area contributed by atoms with Crippen LogP contribution >= 0.6 is 11.6 Å². The highest BCUT2D eigenvalue weighted by molar-refractivity contribution is 6.32. The number of carbonyl (C=O) groups is 1. The molecule has 0 radical (unpaired) electrons. The fourth-order valence-corrected chi connectivity index (χ4v) is 5.25. The van der Waals surface area contributed by atoms with Crippen LogP contribution in [0, 0.1) is 5.82 Å². The molecule has 3 aromatic heterocycles. The van der Waals surface area contributed by atoms with Crippen molar-refractivity contribution < 1.29 is 14.3 Å². The average Bonchev–Trinajstić information content (AvgIpc) is 3.73. The number of hydrogen-bond donors (Lipinski definition) is 3. The van der Waals surface area contributed by atoms with Crippen molar-refractivity contribution in [2.24, 2.45) is 5.73 Å². The van der Waals surface area contributed by atoms with Crippen LogP contribution in [0.15, 0.2) is 48.8 Å². The molecule has 1 saturated carbocycles. The van der Waals surface area contributed by atoms with Crippen LogP contribution in [0.3, 0.4) is 0 Å². The Labute approximate surface area is 223 Å². The highest BCUT2D eigenvalue weighted by Gasteiger charge is 2.46. The number of anilines is 3. The van der Waals surface area contributed by atoms with Crippen molar-refractivity contribution in [2.75, 3.05) is 23.3 Å². The lowest BCUT2D eigenvalue weighted by molar-refractivity contribution is -0.109. The van der Waals surface area contributed by atoms with Gasteiger partial charge in [-0.1, -0.05) is 11.6 Å². The van der Waals surface area contributed by atoms with E-state index in [1.54, 1.807) is 24.5 Å². The second kappa shape index (κ2) is 9.49. The van der Waals surface area contributed by atoms with Crippen molar-refractivity contribution in [2.45, 2.75) is 37.1 Å². The van der Waals surface area contributed by atoms with Gasteiger partial charge >= 0.3 is 0 Å². The number of carbonyl (C=O) groups excluding carboxylic acids is 1. The molecule has 194 valence electrons. The highest BCUT2D eigenvalue weighted by Crippen LogP contribution is 2.50. The number of nitrogens with two attached hydrogens (primary N) is 1. The number of fused-ring (bicyclic) bond motifs is 1. The minimum atomic E-state index is -0.835. The van der Waals surface area contributed by atoms with Crippen molar-refractivity contribution in [1.82, 2.24) is 15.0 Å². The van der Waals surface area contributed by atoms with Crippen LogP contribution in [-0.4, -0.2) is 45.5 Å². The Morgan fingerprint density at radius 1 is 1.18 bits per heavy atom. The van der Waals surface area contributed by atoms with Crippen molar-refractivity contribution in [1.29, 1.82) is 0 Å². The standard InChI is InChI=1S/C28H26ClFN6O2/c29-20-10-16(11-21(30)27(20)38)22-4-5-23-26(35-22)25(19(13-32-23)28(15-37)7-8-28)34-18-3-6-24(33-12-18)36-9-1-2-17(31)14-36/h3-6,10-13,15,17,38H,1-2,7-9,14,31H2,(H,32,34). The number of benzene rings is 1. The topological polar surface area (TPSA) is 117 Å². The molecule has 8 nitrogen and oxygen atoms in total. The Kier molecular flexibility index (Phi) is 6.12. The summed E-state index contributed by atoms with van der Waals surface area (Å²) in [5.74, 6) is -0.575. The summed E-state index contributed by atoms with van der Waals surface area (Å²) >= 11 is 6.02. The number of aromatic nitrogens is 3. The average molecular weight is 533 g/mol. The van der Waals surface area contributed by atoms with Gasteiger partial charge in [0.15, 0.2) is 11.6 Å². The Morgan fingerprint density at radius 2 is 2.03 bits per heavy atom. The zero-order valence-electron chi connectivity index (χ0n) is 20.5. The minimum absolute atomic E-state index is 0.106. The zero-order valence-corrected chi connectivity index (χ0v) is 21.2. The maximum atomic E-state index is 14.2. The second-order valence-corrected chi connectivity index (χ2v) is 10.5. The molecule has 0 bridgehead atoms. The first kappa shape index (κ1) is 24.5. The van der Waals surface area contributed by atoms with Gasteiger partial charge in [0, 0.05) is 36.5 Å². The summed E-state index contributed by atoms with van der Waals surface area (Å²) in [6.45, 7) is 1.69. The molecule has 2 aliphatic rings. The van der Waals surface area contributed by atoms with E-state index in [-0.39, 0.29) is 11.1 Å². The van der Waals surface area contributed by atoms with Gasteiger partial charge in [0.25, 0.3) is 0 Å². The normalized spacial score (nSPS) is 18.4. The van der Waals surface area contributed by atoms with Crippen LogP contribution in [-0.2, 0) is 10.2 Å². The third-order valence-electron chi connectivity index (χ3n) is 7.38. The van der Waals surface area contributed by atoms with Gasteiger partial charge < -0.3 is 25.9 Å². The third-order valence-corrected chi connectivity index (χ3v) is 7.66. The number of aromatic hydroxyl groups is 1. The summed E-state index contributed by atoms with van der Waals surface area (Å²) in [6.07, 6.45) is 7.96. The van der Waals surface area contributed by atoms with E-state index in [0.29, 0.717) is 28.0 Å². The van der Waals surface area contributed by atoms with E-state index in [9.17, 15) is 14.3 Å². The van der Waals surface area contributed by atoms with E-state index >= 15 is 0 Å². The lowest BCUT2D eigenvalue weighted by Gasteiger charge is -2.31. The van der Waals surface area contributed by atoms with Gasteiger partial charge in [0.1, 0.15) is 17.6 Å². The lowest BCUT2D eigenvalue weighted by atomic mass is 9.96. The Balaban J connectivity index is 1.42. The van der Waals surface area contributed by atoms with E-state index in [4.69, 9.17) is 22.3 Å². The molecule has 1 unspecified atom stereocenters. The van der Waals surface area contributed by atoms with E-state index in [1.807, 2.05) is 12.1 Å². The van der Waals surface area contributed by atoms with Crippen LogP contribution < -0.4 is 16.0 Å². The SMILES string of the molecule is NC1CCCN(c2ccc(Nc3c(C4(C=O)CC4)cnc4ccc(-c5cc(F)c(O)c(Cl)c5)nc34)cn2)C1. The predicted octanol–water partition coefficient (Wildman–Crippen LogP) is 5.09. The zero-order chi connectivity index (χ0) is 26.4. The van der Waals surface area contributed by atoms with E-state index < -0.39 is 17.0 Å². The number of aldehydes is 1. The van der Waals surface area contributed by atoms with Gasteiger partial charge in [-0.15, -0.1) is 0 Å². The lowest BCUT2D eigenvalue weighted by Crippen LogP contribution is -2.43. The number of nitrogens with zero attached hydrogens (tertiary/aromatic N) is 4. The number of rotatable bonds is 6. The first-order valence-corrected chi connectivity index (χ1v) is 12.9. The molecule has 1 aromatic carbocycles. The smallest absolute Gasteiger partial charge is 0.170 e. The molecule has 6 rings (SSSR count). The van der Waals surface area contributed by atoms with Gasteiger partial charge in [-0.25, -0.2) is 14.4 Å². The number of piperidine rings is 1. The fourth-order valence-electron chi connectivity index (χ4n) is 5.04. The quantitative estimate of drug-likeness (QED) is 0.294. The summed E-state index contributed by atoms with van der Waals surface area (Å²) < 4.78 is 14.2. The molecule has 4 heterocycles. The molecular formula is C28H26ClFN6O2. The van der Waals surface area contributed by atoms with Gasteiger partial charge in [-0.05, 0) is 62.1 Å². The first-order chi connectivity index (χ1) is 18.4. The molecule has 1 saturated heterocycles. The van der Waals surface area contributed by atoms with E-state index in [2.05, 4.69) is 20.2 Å². The predicted molar refractivity (Wildman–Crippen MR) is 146 cm³/mol. The van der Waals surface area contributed by atoms with Crippen molar-refractivity contribution in [3.63, 3.8) is 0 Å². The molecule has 4 aromatic rings. The van der Waals surface area contributed by atoms with Crippen LogP contribution in [0.25, 0.3) is 22.3 Å². The van der Waals surface area contributed by atoms with Crippen LogP contribution in [0.4, 0.5) is 21.6 Å². The molecule has 1 aliphatic carbocycles. The summed E-state index contributed by atoms with van der Waals surface area (Å²) in [7, 11) is 0. The van der Waals surface area contributed by atoms with Gasteiger partial charge in [-0.2, -0.15) is 0 Å². The number of hydrogen-bond acceptors (Lipinski definition) is 8. The maximum absolute atomic E-state index is 14.2. The van der Waals surface area contributed by atoms with Crippen LogP contribution in [0.2, 0.25) is 5.02 Å². The van der Waals surface area contributed by atoms with Gasteiger partial charge in [0.2, 0.25) is 0 Å². The van der Waals surface area contributed by atoms with Gasteiger partial charge in [-0.3, -0.25) is 4.98 Å². The van der Waals surface area contributed by atoms with Crippen molar-refractivity contribution in [3.8, 4) is 17.0 Å². The Hall–Kier alpha value is -3.82. The molecule has 0 amide bonds. The monoisotopic (exact) mass is 532 g/mol. The molecular weight excluding hydrogens is 507 g/mol. The largest absolute Gasteiger partial charge is 0.504 e. The molecule has 2 fully saturated rings. The summed E-state index contributed by atoms with van der Waals surface area (Å²) in [5, 5.41) is 13.1. The molecule has 0 spiro atoms. The first-order valence-electron chi connectivity index (χ1n) is 12.6. The molecule has 38 heavy (non-hydrogen) atoms. The summed E-state index contributed by atoms with van der Waals surface area (Å²) in [4.78, 5) is 28.3. The van der Waals surface area contributed by atoms with Crippen molar-refractivity contribution >= 4 is 46.1 Å². The number of phenols is 1. The molecule has 4 N–H and O–H groups in total. The maximum Gasteiger partial charge on any atom is 0.170 e. The second-order valence-electron chi connectivity index (χ2n) is 10.1. The van der Waals surface area contributed by atoms with Crippen LogP contribution in [0.1, 0.15) is 31.2 Å². The highest BCUT2D eigenvalue weighted by atomic mass is 35.5. The Bertz CT molecular complexity index is 1520. The van der Waals surface area contributed by atoms with Crippen molar-refractivity contribution in [3.05, 3.63) is 65.2 Å². The number of halogens is 2. The molecule has 1 atom stereocenters. The van der Waals surface area contributed by atoms with E-state index in [0.717, 1.165) is 62.1 Å². The molecule has 1 aliphatic heterocycles. The van der Waals surface area contributed by atoms with Crippen LogP contribution in [0.5, 0.6) is 5.75 Å². The summed E-state index contributed by atoms with van der Waals surface area (Å²) in [6, 6.07) is 10.2. The number of pyridine rings is 3. The van der Waals surface area contributed by atoms with Gasteiger partial charge in [0.05, 0.1) is 39.2 Å². The number of nitrogens with one attached hydrogen (secondary N) is 1. The third kappa shape index (κ3) is 4.41.